The van der Waals surface area contributed by atoms with Crippen molar-refractivity contribution in [1.82, 2.24) is 4.98 Å². The van der Waals surface area contributed by atoms with Gasteiger partial charge in [-0.05, 0) is 38.1 Å². The molecule has 0 aliphatic carbocycles. The molecule has 0 saturated carbocycles. The highest BCUT2D eigenvalue weighted by molar-refractivity contribution is 5.85. The summed E-state index contributed by atoms with van der Waals surface area (Å²) in [5, 5.41) is 1.03. The van der Waals surface area contributed by atoms with Gasteiger partial charge in [-0.3, -0.25) is 0 Å². The molecule has 1 heterocycles. The van der Waals surface area contributed by atoms with E-state index < -0.39 is 0 Å². The van der Waals surface area contributed by atoms with Gasteiger partial charge in [0, 0.05) is 17.0 Å². The van der Waals surface area contributed by atoms with Gasteiger partial charge in [0.15, 0.2) is 11.5 Å². The average molecular weight is 293 g/mol. The SMILES string of the molecule is COc1cc2ccc(-c3cc(C)cc(C)c3)nc2cc1OC. The minimum atomic E-state index is 0.695. The number of pyridine rings is 1. The first kappa shape index (κ1) is 14.4. The molecule has 0 N–H and O–H groups in total. The van der Waals surface area contributed by atoms with E-state index in [0.29, 0.717) is 5.75 Å². The number of benzene rings is 2. The summed E-state index contributed by atoms with van der Waals surface area (Å²) in [6.07, 6.45) is 0. The quantitative estimate of drug-likeness (QED) is 0.710. The molecule has 0 radical (unpaired) electrons. The number of methoxy groups -OCH3 is 2. The van der Waals surface area contributed by atoms with Crippen molar-refractivity contribution in [2.45, 2.75) is 13.8 Å². The van der Waals surface area contributed by atoms with Crippen molar-refractivity contribution in [1.29, 1.82) is 0 Å². The highest BCUT2D eigenvalue weighted by Crippen LogP contribution is 2.32. The molecule has 0 unspecified atom stereocenters. The van der Waals surface area contributed by atoms with Gasteiger partial charge >= 0.3 is 0 Å². The summed E-state index contributed by atoms with van der Waals surface area (Å²) in [5.41, 5.74) is 5.48. The van der Waals surface area contributed by atoms with Gasteiger partial charge in [-0.25, -0.2) is 4.98 Å². The van der Waals surface area contributed by atoms with Crippen LogP contribution in [0.4, 0.5) is 0 Å². The Kier molecular flexibility index (Phi) is 3.72. The maximum Gasteiger partial charge on any atom is 0.162 e. The molecule has 112 valence electrons. The molecule has 0 bridgehead atoms. The minimum absolute atomic E-state index is 0.695. The van der Waals surface area contributed by atoms with Crippen molar-refractivity contribution in [3.63, 3.8) is 0 Å². The van der Waals surface area contributed by atoms with Crippen LogP contribution in [0.2, 0.25) is 0 Å². The first-order valence-electron chi connectivity index (χ1n) is 7.22. The van der Waals surface area contributed by atoms with Crippen LogP contribution < -0.4 is 9.47 Å². The second kappa shape index (κ2) is 5.68. The molecule has 0 aliphatic heterocycles. The van der Waals surface area contributed by atoms with Crippen LogP contribution in [-0.4, -0.2) is 19.2 Å². The number of hydrogen-bond donors (Lipinski definition) is 0. The van der Waals surface area contributed by atoms with Gasteiger partial charge in [-0.15, -0.1) is 0 Å². The lowest BCUT2D eigenvalue weighted by Crippen LogP contribution is -1.92. The molecule has 2 aromatic carbocycles. The minimum Gasteiger partial charge on any atom is -0.493 e. The van der Waals surface area contributed by atoms with Crippen LogP contribution >= 0.6 is 0 Å². The highest BCUT2D eigenvalue weighted by atomic mass is 16.5. The van der Waals surface area contributed by atoms with Gasteiger partial charge in [0.25, 0.3) is 0 Å². The van der Waals surface area contributed by atoms with Crippen molar-refractivity contribution < 1.29 is 9.47 Å². The summed E-state index contributed by atoms with van der Waals surface area (Å²) >= 11 is 0. The zero-order valence-corrected chi connectivity index (χ0v) is 13.3. The Bertz CT molecular complexity index is 820. The first-order chi connectivity index (χ1) is 10.6. The van der Waals surface area contributed by atoms with Crippen LogP contribution in [0.25, 0.3) is 22.2 Å². The molecule has 0 fully saturated rings. The zero-order chi connectivity index (χ0) is 15.7. The molecular weight excluding hydrogens is 274 g/mol. The Balaban J connectivity index is 2.16. The Morgan fingerprint density at radius 2 is 1.41 bits per heavy atom. The Labute approximate surface area is 130 Å². The lowest BCUT2D eigenvalue weighted by atomic mass is 10.0. The van der Waals surface area contributed by atoms with E-state index in [2.05, 4.69) is 38.1 Å². The number of rotatable bonds is 3. The predicted molar refractivity (Wildman–Crippen MR) is 89.8 cm³/mol. The zero-order valence-electron chi connectivity index (χ0n) is 13.3. The number of aromatic nitrogens is 1. The lowest BCUT2D eigenvalue weighted by molar-refractivity contribution is 0.356. The van der Waals surface area contributed by atoms with Crippen LogP contribution in [0, 0.1) is 13.8 Å². The first-order valence-corrected chi connectivity index (χ1v) is 7.22. The molecule has 0 aliphatic rings. The Hall–Kier alpha value is -2.55. The topological polar surface area (TPSA) is 31.4 Å². The average Bonchev–Trinajstić information content (AvgIpc) is 2.52. The molecule has 22 heavy (non-hydrogen) atoms. The third-order valence-electron chi connectivity index (χ3n) is 3.71. The molecule has 3 nitrogen and oxygen atoms in total. The number of nitrogens with zero attached hydrogens (tertiary/aromatic N) is 1. The maximum atomic E-state index is 5.36. The van der Waals surface area contributed by atoms with Gasteiger partial charge in [-0.2, -0.15) is 0 Å². The van der Waals surface area contributed by atoms with Gasteiger partial charge in [0.2, 0.25) is 0 Å². The van der Waals surface area contributed by atoms with Crippen molar-refractivity contribution in [3.05, 3.63) is 53.6 Å². The molecule has 3 heteroatoms. The summed E-state index contributed by atoms with van der Waals surface area (Å²) in [5.74, 6) is 1.41. The number of fused-ring (bicyclic) bond motifs is 1. The van der Waals surface area contributed by atoms with E-state index in [4.69, 9.17) is 14.5 Å². The van der Waals surface area contributed by atoms with E-state index in [9.17, 15) is 0 Å². The fraction of sp³-hybridized carbons (Fsp3) is 0.211. The second-order valence-corrected chi connectivity index (χ2v) is 5.47. The van der Waals surface area contributed by atoms with E-state index in [0.717, 1.165) is 27.9 Å². The summed E-state index contributed by atoms with van der Waals surface area (Å²) in [7, 11) is 3.28. The van der Waals surface area contributed by atoms with Crippen LogP contribution in [0.3, 0.4) is 0 Å². The fourth-order valence-electron chi connectivity index (χ4n) is 2.73. The van der Waals surface area contributed by atoms with Gasteiger partial charge in [0.1, 0.15) is 0 Å². The van der Waals surface area contributed by atoms with E-state index in [1.807, 2.05) is 18.2 Å². The van der Waals surface area contributed by atoms with Crippen molar-refractivity contribution in [2.24, 2.45) is 0 Å². The van der Waals surface area contributed by atoms with Gasteiger partial charge < -0.3 is 9.47 Å². The Morgan fingerprint density at radius 1 is 0.773 bits per heavy atom. The van der Waals surface area contributed by atoms with Gasteiger partial charge in [-0.1, -0.05) is 23.3 Å². The third kappa shape index (κ3) is 2.62. The highest BCUT2D eigenvalue weighted by Gasteiger charge is 2.08. The van der Waals surface area contributed by atoms with E-state index in [1.54, 1.807) is 14.2 Å². The lowest BCUT2D eigenvalue weighted by Gasteiger charge is -2.10. The number of ether oxygens (including phenoxy) is 2. The molecular formula is C19H19NO2. The molecule has 0 atom stereocenters. The summed E-state index contributed by atoms with van der Waals surface area (Å²) < 4.78 is 10.7. The molecule has 3 rings (SSSR count). The third-order valence-corrected chi connectivity index (χ3v) is 3.71. The van der Waals surface area contributed by atoms with Crippen LogP contribution in [0.15, 0.2) is 42.5 Å². The van der Waals surface area contributed by atoms with Gasteiger partial charge in [0.05, 0.1) is 25.4 Å². The summed E-state index contributed by atoms with van der Waals surface area (Å²) in [6, 6.07) is 14.5. The summed E-state index contributed by atoms with van der Waals surface area (Å²) in [6.45, 7) is 4.21. The number of hydrogen-bond acceptors (Lipinski definition) is 3. The van der Waals surface area contributed by atoms with Crippen molar-refractivity contribution >= 4 is 10.9 Å². The molecule has 0 spiro atoms. The second-order valence-electron chi connectivity index (χ2n) is 5.47. The van der Waals surface area contributed by atoms with E-state index in [1.165, 1.54) is 11.1 Å². The van der Waals surface area contributed by atoms with Crippen LogP contribution in [0.1, 0.15) is 11.1 Å². The predicted octanol–water partition coefficient (Wildman–Crippen LogP) is 4.54. The van der Waals surface area contributed by atoms with Crippen molar-refractivity contribution in [2.75, 3.05) is 14.2 Å². The molecule has 1 aromatic heterocycles. The molecule has 3 aromatic rings. The smallest absolute Gasteiger partial charge is 0.162 e. The Morgan fingerprint density at radius 3 is 2.05 bits per heavy atom. The molecule has 0 amide bonds. The normalized spacial score (nSPS) is 10.7. The molecule has 0 saturated heterocycles. The standard InChI is InChI=1S/C19H19NO2/c1-12-7-13(2)9-15(8-12)16-6-5-14-10-18(21-3)19(22-4)11-17(14)20-16/h5-11H,1-4H3. The largest absolute Gasteiger partial charge is 0.493 e. The maximum absolute atomic E-state index is 5.36. The summed E-state index contributed by atoms with van der Waals surface area (Å²) in [4.78, 5) is 4.78. The number of aryl methyl sites for hydroxylation is 2. The van der Waals surface area contributed by atoms with Crippen molar-refractivity contribution in [3.8, 4) is 22.8 Å². The van der Waals surface area contributed by atoms with Crippen LogP contribution in [-0.2, 0) is 0 Å². The van der Waals surface area contributed by atoms with E-state index in [-0.39, 0.29) is 0 Å². The monoisotopic (exact) mass is 293 g/mol. The van der Waals surface area contributed by atoms with E-state index >= 15 is 0 Å². The fourth-order valence-corrected chi connectivity index (χ4v) is 2.73. The van der Waals surface area contributed by atoms with Crippen LogP contribution in [0.5, 0.6) is 11.5 Å².